The predicted molar refractivity (Wildman–Crippen MR) is 121 cm³/mol. The fourth-order valence-electron chi connectivity index (χ4n) is 3.96. The van der Waals surface area contributed by atoms with E-state index in [0.717, 1.165) is 33.3 Å². The van der Waals surface area contributed by atoms with Gasteiger partial charge in [0.25, 0.3) is 0 Å². The van der Waals surface area contributed by atoms with Gasteiger partial charge in [0.15, 0.2) is 5.58 Å². The van der Waals surface area contributed by atoms with Crippen LogP contribution in [-0.4, -0.2) is 21.1 Å². The molecule has 0 aliphatic carbocycles. The summed E-state index contributed by atoms with van der Waals surface area (Å²) in [6.45, 7) is 6.77. The molecule has 0 aliphatic heterocycles. The molecule has 144 valence electrons. The van der Waals surface area contributed by atoms with Gasteiger partial charge in [-0.3, -0.25) is 0 Å². The van der Waals surface area contributed by atoms with E-state index < -0.39 is 0 Å². The van der Waals surface area contributed by atoms with Gasteiger partial charge in [-0.25, -0.2) is 0 Å². The Balaban J connectivity index is 2.06. The molecule has 4 rings (SSSR count). The number of para-hydroxylation sites is 3. The van der Waals surface area contributed by atoms with Crippen LogP contribution in [0, 0.1) is 0 Å². The minimum absolute atomic E-state index is 0.0101. The van der Waals surface area contributed by atoms with Crippen molar-refractivity contribution in [3.8, 4) is 0 Å². The monoisotopic (exact) mass is 372 g/mol. The smallest absolute Gasteiger partial charge is 0.159 e. The molecule has 0 saturated carbocycles. The lowest BCUT2D eigenvalue weighted by Gasteiger charge is -2.31. The van der Waals surface area contributed by atoms with Crippen LogP contribution in [0.3, 0.4) is 0 Å². The summed E-state index contributed by atoms with van der Waals surface area (Å²) in [6.07, 6.45) is 0. The third-order valence-electron chi connectivity index (χ3n) is 5.39. The maximum atomic E-state index is 6.41. The SMILES string of the molecule is CN(C)c1ccccc1N(C)c1c(C(C)(C)C)ccc2c1oc1ccccc12. The highest BCUT2D eigenvalue weighted by Gasteiger charge is 2.26. The van der Waals surface area contributed by atoms with Crippen LogP contribution in [0.5, 0.6) is 0 Å². The quantitative estimate of drug-likeness (QED) is 0.398. The molecule has 0 fully saturated rings. The van der Waals surface area contributed by atoms with Gasteiger partial charge in [0, 0.05) is 31.9 Å². The van der Waals surface area contributed by atoms with Gasteiger partial charge in [0.2, 0.25) is 0 Å². The summed E-state index contributed by atoms with van der Waals surface area (Å²) >= 11 is 0. The first-order valence-electron chi connectivity index (χ1n) is 9.74. The zero-order valence-electron chi connectivity index (χ0n) is 17.6. The molecule has 0 amide bonds. The number of benzene rings is 3. The average Bonchev–Trinajstić information content (AvgIpc) is 3.04. The normalized spacial score (nSPS) is 11.9. The lowest BCUT2D eigenvalue weighted by Crippen LogP contribution is -2.21. The van der Waals surface area contributed by atoms with Crippen LogP contribution in [0.25, 0.3) is 21.9 Å². The van der Waals surface area contributed by atoms with Crippen molar-refractivity contribution in [2.75, 3.05) is 30.9 Å². The van der Waals surface area contributed by atoms with Gasteiger partial charge >= 0.3 is 0 Å². The number of rotatable bonds is 3. The summed E-state index contributed by atoms with van der Waals surface area (Å²) in [4.78, 5) is 4.43. The Bertz CT molecular complexity index is 1150. The molecule has 0 radical (unpaired) electrons. The van der Waals surface area contributed by atoms with E-state index in [1.54, 1.807) is 0 Å². The van der Waals surface area contributed by atoms with Crippen molar-refractivity contribution >= 4 is 39.0 Å². The Morgan fingerprint density at radius 1 is 0.714 bits per heavy atom. The van der Waals surface area contributed by atoms with Crippen molar-refractivity contribution in [3.05, 3.63) is 66.2 Å². The maximum absolute atomic E-state index is 6.41. The summed E-state index contributed by atoms with van der Waals surface area (Å²) in [5.74, 6) is 0. The van der Waals surface area contributed by atoms with Gasteiger partial charge in [-0.1, -0.05) is 63.2 Å². The van der Waals surface area contributed by atoms with E-state index in [1.165, 1.54) is 11.3 Å². The zero-order chi connectivity index (χ0) is 20.1. The molecule has 0 bridgehead atoms. The first-order valence-corrected chi connectivity index (χ1v) is 9.74. The first kappa shape index (κ1) is 18.4. The highest BCUT2D eigenvalue weighted by molar-refractivity contribution is 6.10. The second-order valence-electron chi connectivity index (χ2n) is 8.63. The van der Waals surface area contributed by atoms with Crippen molar-refractivity contribution in [1.82, 2.24) is 0 Å². The van der Waals surface area contributed by atoms with Gasteiger partial charge in [-0.15, -0.1) is 0 Å². The minimum Gasteiger partial charge on any atom is -0.454 e. The maximum Gasteiger partial charge on any atom is 0.159 e. The molecule has 1 aromatic heterocycles. The van der Waals surface area contributed by atoms with E-state index in [1.807, 2.05) is 12.1 Å². The second kappa shape index (κ2) is 6.59. The van der Waals surface area contributed by atoms with Crippen molar-refractivity contribution < 1.29 is 4.42 Å². The van der Waals surface area contributed by atoms with Crippen LogP contribution in [0.1, 0.15) is 26.3 Å². The molecule has 3 aromatic carbocycles. The van der Waals surface area contributed by atoms with Crippen LogP contribution in [0.15, 0.2) is 65.1 Å². The molecule has 0 unspecified atom stereocenters. The topological polar surface area (TPSA) is 19.6 Å². The van der Waals surface area contributed by atoms with Crippen LogP contribution < -0.4 is 9.80 Å². The Hall–Kier alpha value is -2.94. The average molecular weight is 373 g/mol. The van der Waals surface area contributed by atoms with Crippen LogP contribution in [-0.2, 0) is 5.41 Å². The molecular weight excluding hydrogens is 344 g/mol. The molecular formula is C25H28N2O. The summed E-state index contributed by atoms with van der Waals surface area (Å²) in [7, 11) is 6.30. The fourth-order valence-corrected chi connectivity index (χ4v) is 3.96. The third-order valence-corrected chi connectivity index (χ3v) is 5.39. The second-order valence-corrected chi connectivity index (χ2v) is 8.63. The predicted octanol–water partition coefficient (Wildman–Crippen LogP) is 6.72. The lowest BCUT2D eigenvalue weighted by molar-refractivity contribution is 0.588. The highest BCUT2D eigenvalue weighted by atomic mass is 16.3. The van der Waals surface area contributed by atoms with E-state index in [0.29, 0.717) is 0 Å². The molecule has 4 aromatic rings. The Labute approximate surface area is 167 Å². The Morgan fingerprint density at radius 2 is 1.36 bits per heavy atom. The number of anilines is 3. The van der Waals surface area contributed by atoms with Crippen LogP contribution >= 0.6 is 0 Å². The zero-order valence-corrected chi connectivity index (χ0v) is 17.6. The lowest BCUT2D eigenvalue weighted by atomic mass is 9.84. The van der Waals surface area contributed by atoms with Crippen molar-refractivity contribution in [1.29, 1.82) is 0 Å². The van der Waals surface area contributed by atoms with Crippen molar-refractivity contribution in [2.45, 2.75) is 26.2 Å². The van der Waals surface area contributed by atoms with Gasteiger partial charge in [0.1, 0.15) is 5.58 Å². The van der Waals surface area contributed by atoms with Gasteiger partial charge in [-0.05, 0) is 29.2 Å². The van der Waals surface area contributed by atoms with Gasteiger partial charge in [0.05, 0.1) is 17.1 Å². The highest BCUT2D eigenvalue weighted by Crippen LogP contribution is 2.44. The molecule has 0 atom stereocenters. The Morgan fingerprint density at radius 3 is 2.04 bits per heavy atom. The number of hydrogen-bond donors (Lipinski definition) is 0. The number of hydrogen-bond acceptors (Lipinski definition) is 3. The molecule has 0 saturated heterocycles. The molecule has 3 nitrogen and oxygen atoms in total. The summed E-state index contributed by atoms with van der Waals surface area (Å²) in [5, 5.41) is 2.32. The van der Waals surface area contributed by atoms with Crippen molar-refractivity contribution in [2.24, 2.45) is 0 Å². The van der Waals surface area contributed by atoms with Crippen LogP contribution in [0.2, 0.25) is 0 Å². The number of fused-ring (bicyclic) bond motifs is 3. The van der Waals surface area contributed by atoms with Crippen LogP contribution in [0.4, 0.5) is 17.1 Å². The number of furan rings is 1. The summed E-state index contributed by atoms with van der Waals surface area (Å²) in [5.41, 5.74) is 6.61. The van der Waals surface area contributed by atoms with E-state index in [9.17, 15) is 0 Å². The summed E-state index contributed by atoms with van der Waals surface area (Å²) < 4.78 is 6.41. The molecule has 1 heterocycles. The fraction of sp³-hybridized carbons (Fsp3) is 0.280. The molecule has 3 heteroatoms. The standard InChI is InChI=1S/C25H28N2O/c1-25(2,3)19-16-15-18-17-11-7-10-14-22(17)28-24(18)23(19)27(6)21-13-9-8-12-20(21)26(4)5/h7-16H,1-6H3. The third kappa shape index (κ3) is 2.91. The van der Waals surface area contributed by atoms with E-state index in [2.05, 4.69) is 100 Å². The molecule has 0 aliphatic rings. The summed E-state index contributed by atoms with van der Waals surface area (Å²) in [6, 6.07) is 21.2. The van der Waals surface area contributed by atoms with E-state index >= 15 is 0 Å². The van der Waals surface area contributed by atoms with Crippen molar-refractivity contribution in [3.63, 3.8) is 0 Å². The molecule has 0 spiro atoms. The van der Waals surface area contributed by atoms with Gasteiger partial charge in [-0.2, -0.15) is 0 Å². The van der Waals surface area contributed by atoms with E-state index in [-0.39, 0.29) is 5.41 Å². The largest absolute Gasteiger partial charge is 0.454 e. The Kier molecular flexibility index (Phi) is 4.34. The number of nitrogens with zero attached hydrogens (tertiary/aromatic N) is 2. The molecule has 28 heavy (non-hydrogen) atoms. The molecule has 0 N–H and O–H groups in total. The first-order chi connectivity index (χ1) is 13.3. The van der Waals surface area contributed by atoms with E-state index in [4.69, 9.17) is 4.42 Å². The van der Waals surface area contributed by atoms with Gasteiger partial charge < -0.3 is 14.2 Å². The minimum atomic E-state index is -0.0101.